The third kappa shape index (κ3) is 2.48. The van der Waals surface area contributed by atoms with Gasteiger partial charge in [-0.15, -0.1) is 11.3 Å². The number of nitrogens with one attached hydrogen (secondary N) is 1. The van der Waals surface area contributed by atoms with Crippen LogP contribution in [0, 0.1) is 5.92 Å². The number of hydrazine groups is 1. The number of rotatable bonds is 4. The molecule has 0 spiro atoms. The molecule has 92 valence electrons. The molecule has 0 radical (unpaired) electrons. The molecule has 0 aliphatic rings. The van der Waals surface area contributed by atoms with Gasteiger partial charge in [0.25, 0.3) is 0 Å². The van der Waals surface area contributed by atoms with Gasteiger partial charge in [-0.3, -0.25) is 5.43 Å². The maximum atomic E-state index is 5.39. The van der Waals surface area contributed by atoms with Crippen LogP contribution in [0.5, 0.6) is 0 Å². The molecule has 0 fully saturated rings. The molecule has 2 rings (SSSR count). The fourth-order valence-corrected chi connectivity index (χ4v) is 2.59. The van der Waals surface area contributed by atoms with E-state index in [1.807, 2.05) is 18.5 Å². The molecule has 6 heteroatoms. The minimum Gasteiger partial charge on any atom is -0.359 e. The van der Waals surface area contributed by atoms with Crippen LogP contribution >= 0.6 is 11.3 Å². The number of anilines is 2. The van der Waals surface area contributed by atoms with Crippen molar-refractivity contribution in [1.29, 1.82) is 0 Å². The van der Waals surface area contributed by atoms with E-state index in [0.29, 0.717) is 11.9 Å². The number of aromatic nitrogens is 2. The normalized spacial score (nSPS) is 11.1. The van der Waals surface area contributed by atoms with Gasteiger partial charge in [0.1, 0.15) is 10.6 Å². The van der Waals surface area contributed by atoms with Gasteiger partial charge >= 0.3 is 0 Å². The van der Waals surface area contributed by atoms with Gasteiger partial charge < -0.3 is 4.90 Å². The van der Waals surface area contributed by atoms with Crippen LogP contribution in [-0.4, -0.2) is 23.6 Å². The summed E-state index contributed by atoms with van der Waals surface area (Å²) >= 11 is 1.59. The van der Waals surface area contributed by atoms with Gasteiger partial charge in [-0.2, -0.15) is 4.98 Å². The van der Waals surface area contributed by atoms with Crippen molar-refractivity contribution >= 4 is 33.3 Å². The average Bonchev–Trinajstić information content (AvgIpc) is 2.74. The zero-order chi connectivity index (χ0) is 12.4. The van der Waals surface area contributed by atoms with Crippen molar-refractivity contribution in [1.82, 2.24) is 9.97 Å². The maximum absolute atomic E-state index is 5.39. The molecule has 2 aromatic rings. The van der Waals surface area contributed by atoms with Gasteiger partial charge in [0.2, 0.25) is 5.95 Å². The van der Waals surface area contributed by atoms with Crippen LogP contribution in [0.15, 0.2) is 11.4 Å². The summed E-state index contributed by atoms with van der Waals surface area (Å²) in [6.45, 7) is 5.32. The average molecular weight is 251 g/mol. The van der Waals surface area contributed by atoms with Crippen molar-refractivity contribution in [2.45, 2.75) is 13.8 Å². The molecule has 0 aromatic carbocycles. The molecule has 17 heavy (non-hydrogen) atoms. The lowest BCUT2D eigenvalue weighted by atomic mass is 10.2. The Bertz CT molecular complexity index is 508. The summed E-state index contributed by atoms with van der Waals surface area (Å²) < 4.78 is 0. The summed E-state index contributed by atoms with van der Waals surface area (Å²) in [6, 6.07) is 2.05. The molecule has 0 aliphatic heterocycles. The number of hydrogen-bond donors (Lipinski definition) is 2. The smallest absolute Gasteiger partial charge is 0.240 e. The first-order valence-corrected chi connectivity index (χ1v) is 6.42. The molecule has 0 bridgehead atoms. The SMILES string of the molecule is CC(C)CN(C)c1nc(NN)nc2sccc12. The van der Waals surface area contributed by atoms with Gasteiger partial charge in [0.15, 0.2) is 0 Å². The van der Waals surface area contributed by atoms with Crippen molar-refractivity contribution in [3.63, 3.8) is 0 Å². The summed E-state index contributed by atoms with van der Waals surface area (Å²) in [6.07, 6.45) is 0. The molecule has 5 nitrogen and oxygen atoms in total. The molecule has 0 unspecified atom stereocenters. The van der Waals surface area contributed by atoms with E-state index in [2.05, 4.69) is 34.1 Å². The second-order valence-corrected chi connectivity index (χ2v) is 5.32. The molecule has 0 saturated carbocycles. The first-order valence-electron chi connectivity index (χ1n) is 5.54. The molecule has 2 heterocycles. The second kappa shape index (κ2) is 4.85. The minimum absolute atomic E-state index is 0.463. The van der Waals surface area contributed by atoms with E-state index >= 15 is 0 Å². The van der Waals surface area contributed by atoms with E-state index in [4.69, 9.17) is 5.84 Å². The first-order chi connectivity index (χ1) is 8.11. The quantitative estimate of drug-likeness (QED) is 0.643. The number of nitrogens with zero attached hydrogens (tertiary/aromatic N) is 3. The van der Waals surface area contributed by atoms with Crippen molar-refractivity contribution in [2.24, 2.45) is 11.8 Å². The van der Waals surface area contributed by atoms with Crippen LogP contribution in [0.1, 0.15) is 13.8 Å². The van der Waals surface area contributed by atoms with E-state index in [0.717, 1.165) is 22.6 Å². The van der Waals surface area contributed by atoms with E-state index in [1.54, 1.807) is 11.3 Å². The van der Waals surface area contributed by atoms with Crippen molar-refractivity contribution in [3.8, 4) is 0 Å². The summed E-state index contributed by atoms with van der Waals surface area (Å²) in [5.74, 6) is 7.36. The molecule has 0 aliphatic carbocycles. The fraction of sp³-hybridized carbons (Fsp3) is 0.455. The van der Waals surface area contributed by atoms with Crippen LogP contribution in [0.2, 0.25) is 0 Å². The van der Waals surface area contributed by atoms with Crippen LogP contribution < -0.4 is 16.2 Å². The highest BCUT2D eigenvalue weighted by atomic mass is 32.1. The summed E-state index contributed by atoms with van der Waals surface area (Å²) in [4.78, 5) is 11.8. The highest BCUT2D eigenvalue weighted by Gasteiger charge is 2.13. The summed E-state index contributed by atoms with van der Waals surface area (Å²) in [5.41, 5.74) is 2.52. The largest absolute Gasteiger partial charge is 0.359 e. The van der Waals surface area contributed by atoms with Gasteiger partial charge in [-0.1, -0.05) is 13.8 Å². The molecular formula is C11H17N5S. The van der Waals surface area contributed by atoms with Crippen LogP contribution in [0.3, 0.4) is 0 Å². The topological polar surface area (TPSA) is 67.1 Å². The zero-order valence-corrected chi connectivity index (χ0v) is 11.1. The Labute approximate surface area is 105 Å². The predicted octanol–water partition coefficient (Wildman–Crippen LogP) is 2.07. The fourth-order valence-electron chi connectivity index (χ4n) is 1.83. The highest BCUT2D eigenvalue weighted by molar-refractivity contribution is 7.16. The monoisotopic (exact) mass is 251 g/mol. The Morgan fingerprint density at radius 1 is 1.47 bits per heavy atom. The van der Waals surface area contributed by atoms with Crippen molar-refractivity contribution in [3.05, 3.63) is 11.4 Å². The van der Waals surface area contributed by atoms with Crippen LogP contribution in [-0.2, 0) is 0 Å². The lowest BCUT2D eigenvalue weighted by molar-refractivity contribution is 0.636. The first kappa shape index (κ1) is 12.1. The maximum Gasteiger partial charge on any atom is 0.240 e. The lowest BCUT2D eigenvalue weighted by Crippen LogP contribution is -2.24. The predicted molar refractivity (Wildman–Crippen MR) is 73.3 cm³/mol. The molecule has 3 N–H and O–H groups in total. The lowest BCUT2D eigenvalue weighted by Gasteiger charge is -2.21. The number of hydrogen-bond acceptors (Lipinski definition) is 6. The number of fused-ring (bicyclic) bond motifs is 1. The van der Waals surface area contributed by atoms with Crippen LogP contribution in [0.25, 0.3) is 10.2 Å². The Morgan fingerprint density at radius 3 is 2.88 bits per heavy atom. The van der Waals surface area contributed by atoms with Gasteiger partial charge in [-0.25, -0.2) is 10.8 Å². The van der Waals surface area contributed by atoms with Crippen LogP contribution in [0.4, 0.5) is 11.8 Å². The van der Waals surface area contributed by atoms with E-state index in [9.17, 15) is 0 Å². The summed E-state index contributed by atoms with van der Waals surface area (Å²) in [7, 11) is 2.04. The molecular weight excluding hydrogens is 234 g/mol. The Morgan fingerprint density at radius 2 is 2.24 bits per heavy atom. The van der Waals surface area contributed by atoms with Crippen molar-refractivity contribution in [2.75, 3.05) is 23.9 Å². The molecule has 0 saturated heterocycles. The van der Waals surface area contributed by atoms with E-state index in [-0.39, 0.29) is 0 Å². The third-order valence-corrected chi connectivity index (χ3v) is 3.24. The zero-order valence-electron chi connectivity index (χ0n) is 10.3. The minimum atomic E-state index is 0.463. The van der Waals surface area contributed by atoms with Crippen molar-refractivity contribution < 1.29 is 0 Å². The third-order valence-electron chi connectivity index (χ3n) is 2.43. The molecule has 2 aromatic heterocycles. The molecule has 0 atom stereocenters. The standard InChI is InChI=1S/C11H17N5S/c1-7(2)6-16(3)9-8-4-5-17-10(8)14-11(13-9)15-12/h4-5,7H,6,12H2,1-3H3,(H,13,14,15). The number of thiophene rings is 1. The van der Waals surface area contributed by atoms with Gasteiger partial charge in [-0.05, 0) is 17.4 Å². The Balaban J connectivity index is 2.46. The second-order valence-electron chi connectivity index (χ2n) is 4.43. The van der Waals surface area contributed by atoms with Gasteiger partial charge in [0, 0.05) is 13.6 Å². The Kier molecular flexibility index (Phi) is 3.44. The highest BCUT2D eigenvalue weighted by Crippen LogP contribution is 2.28. The number of nitrogens with two attached hydrogens (primary N) is 1. The Hall–Kier alpha value is -1.40. The number of nitrogen functional groups attached to an aromatic ring is 1. The van der Waals surface area contributed by atoms with E-state index in [1.165, 1.54) is 0 Å². The molecule has 0 amide bonds. The summed E-state index contributed by atoms with van der Waals surface area (Å²) in [5, 5.41) is 3.10. The van der Waals surface area contributed by atoms with E-state index < -0.39 is 0 Å². The van der Waals surface area contributed by atoms with Gasteiger partial charge in [0.05, 0.1) is 5.39 Å².